The van der Waals surface area contributed by atoms with Crippen molar-refractivity contribution in [1.82, 2.24) is 4.98 Å². The third kappa shape index (κ3) is 3.40. The van der Waals surface area contributed by atoms with Gasteiger partial charge in [0.1, 0.15) is 0 Å². The molecule has 0 saturated heterocycles. The average molecular weight is 364 g/mol. The summed E-state index contributed by atoms with van der Waals surface area (Å²) in [4.78, 5) is 4.92. The Morgan fingerprint density at radius 3 is 2.52 bits per heavy atom. The van der Waals surface area contributed by atoms with Crippen molar-refractivity contribution in [3.8, 4) is 11.3 Å². The molecule has 0 spiro atoms. The van der Waals surface area contributed by atoms with E-state index in [4.69, 9.17) is 4.98 Å². The van der Waals surface area contributed by atoms with Crippen molar-refractivity contribution in [2.24, 2.45) is 11.8 Å². The molecule has 3 rings (SSSR count). The zero-order valence-corrected chi connectivity index (χ0v) is 15.1. The van der Waals surface area contributed by atoms with Gasteiger partial charge in [-0.1, -0.05) is 48.0 Å². The Kier molecular flexibility index (Phi) is 4.80. The van der Waals surface area contributed by atoms with Crippen molar-refractivity contribution in [2.45, 2.75) is 45.4 Å². The van der Waals surface area contributed by atoms with Crippen LogP contribution in [0.1, 0.15) is 50.5 Å². The van der Waals surface area contributed by atoms with Crippen molar-refractivity contribution < 1.29 is 0 Å². The molecule has 112 valence electrons. The minimum absolute atomic E-state index is 0.682. The zero-order chi connectivity index (χ0) is 14.8. The molecule has 1 aromatic heterocycles. The minimum atomic E-state index is 0.682. The van der Waals surface area contributed by atoms with Gasteiger partial charge in [0.25, 0.3) is 0 Å². The van der Waals surface area contributed by atoms with Gasteiger partial charge in [-0.25, -0.2) is 4.98 Å². The van der Waals surface area contributed by atoms with Crippen LogP contribution in [0, 0.1) is 11.8 Å². The van der Waals surface area contributed by atoms with E-state index in [1.54, 1.807) is 0 Å². The van der Waals surface area contributed by atoms with Crippen molar-refractivity contribution in [2.75, 3.05) is 0 Å². The van der Waals surface area contributed by atoms with Gasteiger partial charge >= 0.3 is 0 Å². The second-order valence-electron chi connectivity index (χ2n) is 6.41. The number of thiazole rings is 1. The van der Waals surface area contributed by atoms with E-state index in [9.17, 15) is 0 Å². The number of benzene rings is 1. The van der Waals surface area contributed by atoms with Gasteiger partial charge in [0.15, 0.2) is 0 Å². The molecule has 0 aliphatic heterocycles. The van der Waals surface area contributed by atoms with Crippen LogP contribution in [0.4, 0.5) is 0 Å². The number of nitrogens with zero attached hydrogens (tertiary/aromatic N) is 1. The molecule has 0 atom stereocenters. The molecule has 0 amide bonds. The van der Waals surface area contributed by atoms with Gasteiger partial charge in [-0.3, -0.25) is 0 Å². The van der Waals surface area contributed by atoms with Crippen LogP contribution in [0.2, 0.25) is 0 Å². The molecule has 0 N–H and O–H groups in total. The fraction of sp³-hybridized carbons (Fsp3) is 0.500. The van der Waals surface area contributed by atoms with Crippen LogP contribution in [-0.4, -0.2) is 4.98 Å². The molecule has 3 heteroatoms. The molecule has 1 nitrogen and oxygen atoms in total. The number of hydrogen-bond donors (Lipinski definition) is 0. The maximum atomic E-state index is 4.92. The van der Waals surface area contributed by atoms with Crippen LogP contribution >= 0.6 is 27.3 Å². The molecule has 1 fully saturated rings. The Labute approximate surface area is 139 Å². The molecule has 0 radical (unpaired) electrons. The lowest BCUT2D eigenvalue weighted by molar-refractivity contribution is 0.258. The van der Waals surface area contributed by atoms with E-state index in [2.05, 4.69) is 53.4 Å². The molecule has 2 aromatic rings. The summed E-state index contributed by atoms with van der Waals surface area (Å²) in [6.45, 7) is 4.72. The van der Waals surface area contributed by atoms with Crippen LogP contribution in [0.3, 0.4) is 0 Å². The normalized spacial score (nSPS) is 22.7. The Hall–Kier alpha value is -0.670. The Morgan fingerprint density at radius 2 is 1.86 bits per heavy atom. The molecule has 0 bridgehead atoms. The van der Waals surface area contributed by atoms with Crippen molar-refractivity contribution >= 4 is 27.3 Å². The van der Waals surface area contributed by atoms with Gasteiger partial charge in [-0.15, -0.1) is 11.3 Å². The van der Waals surface area contributed by atoms with Gasteiger partial charge in [0.05, 0.1) is 10.7 Å². The number of rotatable bonds is 3. The first kappa shape index (κ1) is 15.2. The molecule has 1 heterocycles. The number of halogens is 1. The summed E-state index contributed by atoms with van der Waals surface area (Å²) in [6.07, 6.45) is 5.36. The highest BCUT2D eigenvalue weighted by Gasteiger charge is 2.26. The van der Waals surface area contributed by atoms with Gasteiger partial charge in [0.2, 0.25) is 0 Å². The summed E-state index contributed by atoms with van der Waals surface area (Å²) in [7, 11) is 0. The smallest absolute Gasteiger partial charge is 0.0963 e. The van der Waals surface area contributed by atoms with E-state index in [1.807, 2.05) is 17.4 Å². The zero-order valence-electron chi connectivity index (χ0n) is 12.7. The summed E-state index contributed by atoms with van der Waals surface area (Å²) in [5.41, 5.74) is 2.32. The second-order valence-corrected chi connectivity index (χ2v) is 8.15. The third-order valence-electron chi connectivity index (χ3n) is 4.74. The van der Waals surface area contributed by atoms with E-state index in [-0.39, 0.29) is 0 Å². The number of hydrogen-bond acceptors (Lipinski definition) is 2. The predicted octanol–water partition coefficient (Wildman–Crippen LogP) is 6.50. The highest BCUT2D eigenvalue weighted by Crippen LogP contribution is 2.40. The highest BCUT2D eigenvalue weighted by atomic mass is 79.9. The SMILES string of the molecule is CC(C)C1CCC(c2nc(-c3ccccc3Br)cs2)CC1. The summed E-state index contributed by atoms with van der Waals surface area (Å²) in [5, 5.41) is 3.55. The van der Waals surface area contributed by atoms with Gasteiger partial charge in [0, 0.05) is 21.3 Å². The molecule has 21 heavy (non-hydrogen) atoms. The van der Waals surface area contributed by atoms with E-state index in [0.717, 1.165) is 22.0 Å². The largest absolute Gasteiger partial charge is 0.241 e. The lowest BCUT2D eigenvalue weighted by atomic mass is 9.77. The van der Waals surface area contributed by atoms with E-state index < -0.39 is 0 Å². The molecular formula is C18H22BrNS. The third-order valence-corrected chi connectivity index (χ3v) is 6.43. The average Bonchev–Trinajstić information content (AvgIpc) is 2.97. The predicted molar refractivity (Wildman–Crippen MR) is 94.8 cm³/mol. The van der Waals surface area contributed by atoms with Crippen LogP contribution < -0.4 is 0 Å². The quantitative estimate of drug-likeness (QED) is 0.606. The fourth-order valence-corrected chi connectivity index (χ4v) is 4.78. The second kappa shape index (κ2) is 6.62. The first-order chi connectivity index (χ1) is 10.1. The molecule has 1 aliphatic rings. The van der Waals surface area contributed by atoms with Gasteiger partial charge < -0.3 is 0 Å². The number of aromatic nitrogens is 1. The summed E-state index contributed by atoms with van der Waals surface area (Å²) in [6, 6.07) is 8.35. The van der Waals surface area contributed by atoms with Crippen LogP contribution in [0.5, 0.6) is 0 Å². The first-order valence-corrected chi connectivity index (χ1v) is 9.52. The van der Waals surface area contributed by atoms with E-state index >= 15 is 0 Å². The molecule has 1 aliphatic carbocycles. The molecular weight excluding hydrogens is 342 g/mol. The topological polar surface area (TPSA) is 12.9 Å². The van der Waals surface area contributed by atoms with Crippen LogP contribution in [-0.2, 0) is 0 Å². The summed E-state index contributed by atoms with van der Waals surface area (Å²) < 4.78 is 1.13. The van der Waals surface area contributed by atoms with Crippen LogP contribution in [0.25, 0.3) is 11.3 Å². The maximum Gasteiger partial charge on any atom is 0.0963 e. The fourth-order valence-electron chi connectivity index (χ4n) is 3.30. The minimum Gasteiger partial charge on any atom is -0.241 e. The lowest BCUT2D eigenvalue weighted by Gasteiger charge is -2.29. The standard InChI is InChI=1S/C18H22BrNS/c1-12(2)13-7-9-14(10-8-13)18-20-17(11-21-18)15-5-3-4-6-16(15)19/h3-6,11-14H,7-10H2,1-2H3. The van der Waals surface area contributed by atoms with Crippen molar-refractivity contribution in [1.29, 1.82) is 0 Å². The summed E-state index contributed by atoms with van der Waals surface area (Å²) in [5.74, 6) is 2.43. The lowest BCUT2D eigenvalue weighted by Crippen LogP contribution is -2.17. The Bertz CT molecular complexity index is 597. The highest BCUT2D eigenvalue weighted by molar-refractivity contribution is 9.10. The first-order valence-electron chi connectivity index (χ1n) is 7.85. The van der Waals surface area contributed by atoms with E-state index in [0.29, 0.717) is 5.92 Å². The van der Waals surface area contributed by atoms with Crippen LogP contribution in [0.15, 0.2) is 34.1 Å². The molecule has 1 aromatic carbocycles. The van der Waals surface area contributed by atoms with Crippen molar-refractivity contribution in [3.63, 3.8) is 0 Å². The Balaban J connectivity index is 1.73. The van der Waals surface area contributed by atoms with E-state index in [1.165, 1.54) is 36.3 Å². The maximum absolute atomic E-state index is 4.92. The van der Waals surface area contributed by atoms with Crippen molar-refractivity contribution in [3.05, 3.63) is 39.1 Å². The van der Waals surface area contributed by atoms with Gasteiger partial charge in [-0.2, -0.15) is 0 Å². The Morgan fingerprint density at radius 1 is 1.14 bits per heavy atom. The molecule has 0 unspecified atom stereocenters. The molecule has 1 saturated carbocycles. The summed E-state index contributed by atoms with van der Waals surface area (Å²) >= 11 is 5.46. The monoisotopic (exact) mass is 363 g/mol. The van der Waals surface area contributed by atoms with Gasteiger partial charge in [-0.05, 0) is 43.6 Å².